The summed E-state index contributed by atoms with van der Waals surface area (Å²) in [7, 11) is 0. The summed E-state index contributed by atoms with van der Waals surface area (Å²) in [4.78, 5) is 0. The van der Waals surface area contributed by atoms with Crippen LogP contribution in [0.25, 0.3) is 0 Å². The molecule has 0 saturated heterocycles. The van der Waals surface area contributed by atoms with E-state index >= 15 is 0 Å². The van der Waals surface area contributed by atoms with Gasteiger partial charge in [0.25, 0.3) is 0 Å². The predicted octanol–water partition coefficient (Wildman–Crippen LogP) is 4.23. The third kappa shape index (κ3) is 5.34. The van der Waals surface area contributed by atoms with Crippen LogP contribution < -0.4 is 5.32 Å². The van der Waals surface area contributed by atoms with Crippen molar-refractivity contribution in [1.29, 1.82) is 0 Å². The Morgan fingerprint density at radius 2 is 1.75 bits per heavy atom. The first-order valence-corrected chi connectivity index (χ1v) is 7.44. The fraction of sp³-hybridized carbons (Fsp3) is 1.00. The Bertz CT molecular complexity index is 165. The lowest BCUT2D eigenvalue weighted by Crippen LogP contribution is -2.30. The third-order valence-corrected chi connectivity index (χ3v) is 3.94. The summed E-state index contributed by atoms with van der Waals surface area (Å²) in [5, 5.41) is 3.67. The summed E-state index contributed by atoms with van der Waals surface area (Å²) >= 11 is 0. The molecule has 1 aliphatic carbocycles. The molecule has 0 amide bonds. The molecule has 1 aliphatic rings. The first-order chi connectivity index (χ1) is 7.74. The molecule has 2 unspecified atom stereocenters. The van der Waals surface area contributed by atoms with Crippen LogP contribution in [0.5, 0.6) is 0 Å². The lowest BCUT2D eigenvalue weighted by molar-refractivity contribution is 0.278. The topological polar surface area (TPSA) is 12.0 Å². The molecule has 1 fully saturated rings. The Morgan fingerprint density at radius 1 is 1.06 bits per heavy atom. The van der Waals surface area contributed by atoms with Gasteiger partial charge >= 0.3 is 0 Å². The average Bonchev–Trinajstić information content (AvgIpc) is 2.45. The van der Waals surface area contributed by atoms with E-state index in [0.717, 1.165) is 17.8 Å². The minimum Gasteiger partial charge on any atom is -0.316 e. The van der Waals surface area contributed by atoms with Gasteiger partial charge in [-0.15, -0.1) is 0 Å². The maximum atomic E-state index is 3.67. The van der Waals surface area contributed by atoms with E-state index in [1.165, 1.54) is 58.0 Å². The molecule has 16 heavy (non-hydrogen) atoms. The van der Waals surface area contributed by atoms with Crippen LogP contribution in [0.1, 0.15) is 65.7 Å². The lowest BCUT2D eigenvalue weighted by Gasteiger charge is -2.25. The molecule has 1 nitrogen and oxygen atoms in total. The summed E-state index contributed by atoms with van der Waals surface area (Å²) in [6, 6.07) is 0. The largest absolute Gasteiger partial charge is 0.316 e. The van der Waals surface area contributed by atoms with Crippen molar-refractivity contribution in [2.24, 2.45) is 17.8 Å². The normalized spacial score (nSPS) is 27.0. The lowest BCUT2D eigenvalue weighted by atomic mass is 9.84. The first-order valence-electron chi connectivity index (χ1n) is 7.44. The number of rotatable bonds is 6. The fourth-order valence-electron chi connectivity index (χ4n) is 3.04. The van der Waals surface area contributed by atoms with Crippen molar-refractivity contribution in [2.45, 2.75) is 65.7 Å². The molecular weight excluding hydrogens is 194 g/mol. The van der Waals surface area contributed by atoms with E-state index < -0.39 is 0 Å². The highest BCUT2D eigenvalue weighted by Crippen LogP contribution is 2.31. The molecule has 0 aromatic carbocycles. The van der Waals surface area contributed by atoms with Gasteiger partial charge in [0.05, 0.1) is 0 Å². The number of hydrogen-bond acceptors (Lipinski definition) is 1. The molecule has 1 saturated carbocycles. The molecule has 0 bridgehead atoms. The van der Waals surface area contributed by atoms with Gasteiger partial charge in [-0.05, 0) is 37.3 Å². The van der Waals surface area contributed by atoms with Crippen molar-refractivity contribution in [3.8, 4) is 0 Å². The van der Waals surface area contributed by atoms with E-state index in [0.29, 0.717) is 0 Å². The maximum Gasteiger partial charge on any atom is -0.00178 e. The van der Waals surface area contributed by atoms with Crippen molar-refractivity contribution < 1.29 is 0 Å². The number of nitrogens with one attached hydrogen (secondary N) is 1. The van der Waals surface area contributed by atoms with Crippen LogP contribution in [0.2, 0.25) is 0 Å². The Labute approximate surface area is 102 Å². The van der Waals surface area contributed by atoms with Crippen molar-refractivity contribution in [2.75, 3.05) is 13.1 Å². The van der Waals surface area contributed by atoms with Crippen LogP contribution in [0, 0.1) is 17.8 Å². The average molecular weight is 225 g/mol. The molecule has 0 aromatic rings. The molecule has 0 aromatic heterocycles. The van der Waals surface area contributed by atoms with E-state index in [1.54, 1.807) is 0 Å². The predicted molar refractivity (Wildman–Crippen MR) is 72.7 cm³/mol. The Hall–Kier alpha value is -0.0400. The summed E-state index contributed by atoms with van der Waals surface area (Å²) < 4.78 is 0. The van der Waals surface area contributed by atoms with E-state index in [4.69, 9.17) is 0 Å². The highest BCUT2D eigenvalue weighted by atomic mass is 14.9. The quantitative estimate of drug-likeness (QED) is 0.667. The van der Waals surface area contributed by atoms with E-state index in [9.17, 15) is 0 Å². The summed E-state index contributed by atoms with van der Waals surface area (Å²) in [6.45, 7) is 9.38. The maximum absolute atomic E-state index is 3.67. The first kappa shape index (κ1) is 14.0. The SMILES string of the molecule is CCCC1CCCCCC1CNCC(C)C. The van der Waals surface area contributed by atoms with Crippen molar-refractivity contribution in [3.05, 3.63) is 0 Å². The van der Waals surface area contributed by atoms with E-state index in [1.807, 2.05) is 0 Å². The molecule has 1 rings (SSSR count). The Morgan fingerprint density at radius 3 is 2.38 bits per heavy atom. The van der Waals surface area contributed by atoms with Crippen LogP contribution in [0.15, 0.2) is 0 Å². The van der Waals surface area contributed by atoms with Crippen molar-refractivity contribution in [3.63, 3.8) is 0 Å². The molecule has 0 spiro atoms. The van der Waals surface area contributed by atoms with Gasteiger partial charge in [0, 0.05) is 0 Å². The summed E-state index contributed by atoms with van der Waals surface area (Å²) in [5.74, 6) is 2.75. The molecule has 96 valence electrons. The second kappa shape index (κ2) is 8.11. The summed E-state index contributed by atoms with van der Waals surface area (Å²) in [6.07, 6.45) is 10.2. The molecule has 1 heteroatoms. The van der Waals surface area contributed by atoms with Gasteiger partial charge in [-0.25, -0.2) is 0 Å². The number of hydrogen-bond donors (Lipinski definition) is 1. The van der Waals surface area contributed by atoms with Crippen LogP contribution in [-0.4, -0.2) is 13.1 Å². The minimum atomic E-state index is 0.787. The highest BCUT2D eigenvalue weighted by Gasteiger charge is 2.22. The minimum absolute atomic E-state index is 0.787. The zero-order valence-corrected chi connectivity index (χ0v) is 11.6. The van der Waals surface area contributed by atoms with Crippen LogP contribution in [0.4, 0.5) is 0 Å². The molecule has 0 heterocycles. The highest BCUT2D eigenvalue weighted by molar-refractivity contribution is 4.75. The van der Waals surface area contributed by atoms with Gasteiger partial charge in [-0.1, -0.05) is 59.3 Å². The zero-order valence-electron chi connectivity index (χ0n) is 11.6. The second-order valence-electron chi connectivity index (χ2n) is 6.00. The molecule has 1 N–H and O–H groups in total. The Kier molecular flexibility index (Phi) is 7.11. The van der Waals surface area contributed by atoms with Crippen LogP contribution in [0.3, 0.4) is 0 Å². The van der Waals surface area contributed by atoms with Crippen molar-refractivity contribution >= 4 is 0 Å². The van der Waals surface area contributed by atoms with Gasteiger partial charge in [-0.2, -0.15) is 0 Å². The van der Waals surface area contributed by atoms with Gasteiger partial charge in [-0.3, -0.25) is 0 Å². The van der Waals surface area contributed by atoms with Gasteiger partial charge < -0.3 is 5.32 Å². The smallest absolute Gasteiger partial charge is 0.00178 e. The monoisotopic (exact) mass is 225 g/mol. The summed E-state index contributed by atoms with van der Waals surface area (Å²) in [5.41, 5.74) is 0. The van der Waals surface area contributed by atoms with Gasteiger partial charge in [0.15, 0.2) is 0 Å². The Balaban J connectivity index is 2.32. The third-order valence-electron chi connectivity index (χ3n) is 3.94. The molecule has 0 aliphatic heterocycles. The standard InChI is InChI=1S/C15H31N/c1-4-8-14-9-6-5-7-10-15(14)12-16-11-13(2)3/h13-16H,4-12H2,1-3H3. The molecule has 0 radical (unpaired) electrons. The fourth-order valence-corrected chi connectivity index (χ4v) is 3.04. The second-order valence-corrected chi connectivity index (χ2v) is 6.00. The van der Waals surface area contributed by atoms with Crippen molar-refractivity contribution in [1.82, 2.24) is 5.32 Å². The molecule has 2 atom stereocenters. The van der Waals surface area contributed by atoms with Gasteiger partial charge in [0.1, 0.15) is 0 Å². The molecular formula is C15H31N. The van der Waals surface area contributed by atoms with E-state index in [-0.39, 0.29) is 0 Å². The van der Waals surface area contributed by atoms with Crippen LogP contribution in [-0.2, 0) is 0 Å². The van der Waals surface area contributed by atoms with Gasteiger partial charge in [0.2, 0.25) is 0 Å². The van der Waals surface area contributed by atoms with Crippen LogP contribution >= 0.6 is 0 Å². The van der Waals surface area contributed by atoms with E-state index in [2.05, 4.69) is 26.1 Å². The zero-order chi connectivity index (χ0) is 11.8.